The Morgan fingerprint density at radius 2 is 1.78 bits per heavy atom. The molecule has 41 heavy (non-hydrogen) atoms. The lowest BCUT2D eigenvalue weighted by molar-refractivity contribution is -0.310. The van der Waals surface area contributed by atoms with Crippen molar-refractivity contribution in [2.45, 2.75) is 91.2 Å². The van der Waals surface area contributed by atoms with Gasteiger partial charge in [-0.25, -0.2) is 0 Å². The molecule has 5 N–H and O–H groups in total. The molecule has 2 rings (SSSR count). The first-order valence-corrected chi connectivity index (χ1v) is 13.8. The van der Waals surface area contributed by atoms with Gasteiger partial charge in [0.15, 0.2) is 6.29 Å². The molecule has 230 valence electrons. The second kappa shape index (κ2) is 16.1. The summed E-state index contributed by atoms with van der Waals surface area (Å²) in [7, 11) is 2.92. The summed E-state index contributed by atoms with van der Waals surface area (Å²) in [5.74, 6) is 0.352. The molecule has 0 amide bonds. The highest BCUT2D eigenvalue weighted by molar-refractivity contribution is 5.40. The highest BCUT2D eigenvalue weighted by atomic mass is 16.7. The Morgan fingerprint density at radius 3 is 2.37 bits per heavy atom. The number of hydrogen-bond acceptors (Lipinski definition) is 9. The zero-order valence-corrected chi connectivity index (χ0v) is 25.4. The first kappa shape index (κ1) is 34.5. The molecule has 0 bridgehead atoms. The molecule has 0 saturated carbocycles. The highest BCUT2D eigenvalue weighted by Gasteiger charge is 2.45. The van der Waals surface area contributed by atoms with Crippen LogP contribution >= 0.6 is 0 Å². The van der Waals surface area contributed by atoms with Gasteiger partial charge in [-0.2, -0.15) is 0 Å². The Balaban J connectivity index is 2.08. The Kier molecular flexibility index (Phi) is 13.5. The second-order valence-corrected chi connectivity index (χ2v) is 10.5. The highest BCUT2D eigenvalue weighted by Crippen LogP contribution is 2.28. The van der Waals surface area contributed by atoms with Gasteiger partial charge in [0.1, 0.15) is 24.4 Å². The monoisotopic (exact) mass is 577 g/mol. The molecule has 10 nitrogen and oxygen atoms in total. The number of allylic oxidation sites excluding steroid dienone is 6. The maximum absolute atomic E-state index is 12.5. The molecule has 1 aromatic rings. The van der Waals surface area contributed by atoms with E-state index in [1.165, 1.54) is 14.2 Å². The predicted molar refractivity (Wildman–Crippen MR) is 157 cm³/mol. The van der Waals surface area contributed by atoms with Gasteiger partial charge in [-0.05, 0) is 46.6 Å². The third-order valence-electron chi connectivity index (χ3n) is 7.39. The van der Waals surface area contributed by atoms with E-state index in [1.807, 2.05) is 46.8 Å². The van der Waals surface area contributed by atoms with Crippen LogP contribution in [0.5, 0.6) is 11.6 Å². The minimum absolute atomic E-state index is 0.121. The third-order valence-corrected chi connectivity index (χ3v) is 7.39. The average Bonchev–Trinajstić information content (AvgIpc) is 2.95. The number of hydrogen-bond donors (Lipinski definition) is 5. The van der Waals surface area contributed by atoms with Gasteiger partial charge in [-0.3, -0.25) is 4.79 Å². The summed E-state index contributed by atoms with van der Waals surface area (Å²) in [6, 6.07) is 0. The average molecular weight is 578 g/mol. The summed E-state index contributed by atoms with van der Waals surface area (Å²) in [5.41, 5.74) is 4.21. The number of aliphatic hydroxyl groups is 4. The van der Waals surface area contributed by atoms with Crippen LogP contribution in [0.3, 0.4) is 0 Å². The van der Waals surface area contributed by atoms with E-state index in [0.29, 0.717) is 17.9 Å². The van der Waals surface area contributed by atoms with Crippen molar-refractivity contribution < 1.29 is 39.4 Å². The summed E-state index contributed by atoms with van der Waals surface area (Å²) in [4.78, 5) is 15.7. The van der Waals surface area contributed by atoms with Crippen LogP contribution in [0.25, 0.3) is 0 Å². The van der Waals surface area contributed by atoms with E-state index in [1.54, 1.807) is 6.92 Å². The van der Waals surface area contributed by atoms with E-state index < -0.39 is 43.4 Å². The van der Waals surface area contributed by atoms with Gasteiger partial charge in [0.2, 0.25) is 17.1 Å². The molecule has 7 atom stereocenters. The second-order valence-electron chi connectivity index (χ2n) is 10.5. The molecular weight excluding hydrogens is 530 g/mol. The van der Waals surface area contributed by atoms with Gasteiger partial charge in [0, 0.05) is 23.6 Å². The molecule has 1 aliphatic rings. The van der Waals surface area contributed by atoms with E-state index in [9.17, 15) is 25.2 Å². The predicted octanol–water partition coefficient (Wildman–Crippen LogP) is 2.87. The summed E-state index contributed by atoms with van der Waals surface area (Å²) in [6.45, 7) is 11.0. The number of pyridine rings is 1. The number of nitrogens with one attached hydrogen (secondary N) is 1. The lowest BCUT2D eigenvalue weighted by Gasteiger charge is -2.41. The fraction of sp³-hybridized carbons (Fsp3) is 0.581. The standard InChI is InChI=1S/C31H47NO9/c1-9-19(4)28(41-31-27(37)26(36)25(35)23(16-33)40-31)20(5)15-18(3)12-10-11-17(2)13-14-22-21(6)24(34)29(38-7)30(32-22)39-8/h9-10,12-13,15,20,23,25-28,31,33,35-37H,11,14,16H2,1-8H3,(H,32,34)/b12-10+,17-13+,18-15+,19-9-/t20-,23-,25-,26+,27-,28+,31+/m1/s1. The van der Waals surface area contributed by atoms with Crippen LogP contribution in [-0.2, 0) is 15.9 Å². The van der Waals surface area contributed by atoms with Gasteiger partial charge in [-0.15, -0.1) is 0 Å². The lowest BCUT2D eigenvalue weighted by atomic mass is 9.94. The summed E-state index contributed by atoms with van der Waals surface area (Å²) in [5, 5.41) is 40.1. The van der Waals surface area contributed by atoms with Crippen LogP contribution in [-0.4, -0.2) is 83.0 Å². The number of aromatic nitrogens is 1. The molecule has 0 spiro atoms. The van der Waals surface area contributed by atoms with Crippen molar-refractivity contribution in [3.63, 3.8) is 0 Å². The van der Waals surface area contributed by atoms with Crippen LogP contribution in [0.1, 0.15) is 52.3 Å². The van der Waals surface area contributed by atoms with E-state index in [0.717, 1.165) is 28.8 Å². The number of methoxy groups -OCH3 is 2. The fourth-order valence-electron chi connectivity index (χ4n) is 4.71. The summed E-state index contributed by atoms with van der Waals surface area (Å²) < 4.78 is 22.1. The molecule has 0 aliphatic carbocycles. The summed E-state index contributed by atoms with van der Waals surface area (Å²) in [6.07, 6.45) is 4.24. The normalized spacial score (nSPS) is 25.9. The minimum atomic E-state index is -1.50. The van der Waals surface area contributed by atoms with Crippen LogP contribution < -0.4 is 14.9 Å². The first-order valence-electron chi connectivity index (χ1n) is 13.8. The SMILES string of the molecule is C/C=C(/C)[C@H](O[C@@H]1O[C@H](CO)[C@@H](O)[C@H](O)[C@H]1O)[C@H](C)/C=C(C)/C=C/C/C(C)=C/Cc1[nH]c(OC)c(OC)c(=O)c1C. The number of aromatic amines is 1. The zero-order valence-electron chi connectivity index (χ0n) is 25.4. The number of aliphatic hydroxyl groups excluding tert-OH is 4. The van der Waals surface area contributed by atoms with E-state index >= 15 is 0 Å². The van der Waals surface area contributed by atoms with Gasteiger partial charge in [0.25, 0.3) is 0 Å². The molecule has 1 aliphatic heterocycles. The van der Waals surface area contributed by atoms with Crippen LogP contribution in [0.4, 0.5) is 0 Å². The zero-order chi connectivity index (χ0) is 30.9. The molecule has 1 saturated heterocycles. The summed E-state index contributed by atoms with van der Waals surface area (Å²) >= 11 is 0. The Labute approximate surface area is 242 Å². The van der Waals surface area contributed by atoms with E-state index in [-0.39, 0.29) is 17.1 Å². The van der Waals surface area contributed by atoms with Crippen molar-refractivity contribution in [1.82, 2.24) is 4.98 Å². The van der Waals surface area contributed by atoms with Crippen LogP contribution in [0.15, 0.2) is 51.9 Å². The number of ether oxygens (including phenoxy) is 4. The fourth-order valence-corrected chi connectivity index (χ4v) is 4.71. The maximum atomic E-state index is 12.5. The molecule has 10 heteroatoms. The Morgan fingerprint density at radius 1 is 1.10 bits per heavy atom. The number of H-pyrrole nitrogens is 1. The Bertz CT molecular complexity index is 1180. The van der Waals surface area contributed by atoms with Crippen molar-refractivity contribution >= 4 is 0 Å². The van der Waals surface area contributed by atoms with Crippen LogP contribution in [0.2, 0.25) is 0 Å². The Hall–Kier alpha value is -2.73. The van der Waals surface area contributed by atoms with Crippen molar-refractivity contribution in [3.8, 4) is 11.6 Å². The maximum Gasteiger partial charge on any atom is 0.238 e. The van der Waals surface area contributed by atoms with Gasteiger partial charge < -0.3 is 44.4 Å². The van der Waals surface area contributed by atoms with E-state index in [4.69, 9.17) is 18.9 Å². The van der Waals surface area contributed by atoms with Gasteiger partial charge in [0.05, 0.1) is 26.9 Å². The molecule has 2 heterocycles. The minimum Gasteiger partial charge on any atom is -0.488 e. The van der Waals surface area contributed by atoms with E-state index in [2.05, 4.69) is 23.2 Å². The van der Waals surface area contributed by atoms with Crippen molar-refractivity contribution in [2.24, 2.45) is 5.92 Å². The lowest BCUT2D eigenvalue weighted by Crippen LogP contribution is -2.60. The van der Waals surface area contributed by atoms with Crippen molar-refractivity contribution in [2.75, 3.05) is 20.8 Å². The van der Waals surface area contributed by atoms with Gasteiger partial charge >= 0.3 is 0 Å². The number of rotatable bonds is 13. The van der Waals surface area contributed by atoms with Crippen LogP contribution in [0, 0.1) is 12.8 Å². The third kappa shape index (κ3) is 8.88. The first-order chi connectivity index (χ1) is 19.4. The topological polar surface area (TPSA) is 151 Å². The van der Waals surface area contributed by atoms with Crippen molar-refractivity contribution in [3.05, 3.63) is 68.6 Å². The van der Waals surface area contributed by atoms with Gasteiger partial charge in [-0.1, -0.05) is 48.5 Å². The molecule has 1 aromatic heterocycles. The molecule has 0 unspecified atom stereocenters. The quantitative estimate of drug-likeness (QED) is 0.176. The molecule has 0 radical (unpaired) electrons. The molecule has 1 fully saturated rings. The van der Waals surface area contributed by atoms with Crippen molar-refractivity contribution in [1.29, 1.82) is 0 Å². The molecule has 0 aromatic carbocycles. The largest absolute Gasteiger partial charge is 0.488 e. The molecular formula is C31H47NO9. The smallest absolute Gasteiger partial charge is 0.238 e.